The monoisotopic (exact) mass is 394 g/mol. The Morgan fingerprint density at radius 3 is 2.48 bits per heavy atom. The third-order valence-corrected chi connectivity index (χ3v) is 5.68. The first-order valence-electron chi connectivity index (χ1n) is 10.0. The van der Waals surface area contributed by atoms with Gasteiger partial charge in [0.1, 0.15) is 5.75 Å². The van der Waals surface area contributed by atoms with Crippen LogP contribution in [0.5, 0.6) is 5.75 Å². The summed E-state index contributed by atoms with van der Waals surface area (Å²) in [5.74, 6) is 0.629. The molecule has 1 atom stereocenters. The molecule has 2 fully saturated rings. The summed E-state index contributed by atoms with van der Waals surface area (Å²) in [6.45, 7) is 2.43. The van der Waals surface area contributed by atoms with E-state index < -0.39 is 5.54 Å². The normalized spacial score (nSPS) is 22.0. The molecule has 1 unspecified atom stereocenters. The molecule has 0 N–H and O–H groups in total. The van der Waals surface area contributed by atoms with Crippen LogP contribution in [0, 0.1) is 0 Å². The van der Waals surface area contributed by atoms with Gasteiger partial charge in [0.15, 0.2) is 6.61 Å². The highest BCUT2D eigenvalue weighted by Gasteiger charge is 2.47. The van der Waals surface area contributed by atoms with Crippen molar-refractivity contribution in [2.45, 2.75) is 24.9 Å². The number of amides is 2. The van der Waals surface area contributed by atoms with Crippen LogP contribution in [0.4, 0.5) is 0 Å². The van der Waals surface area contributed by atoms with Crippen molar-refractivity contribution in [3.63, 3.8) is 0 Å². The number of benzene rings is 2. The maximum absolute atomic E-state index is 13.0. The second-order valence-corrected chi connectivity index (χ2v) is 7.66. The van der Waals surface area contributed by atoms with E-state index in [-0.39, 0.29) is 18.4 Å². The second-order valence-electron chi connectivity index (χ2n) is 7.66. The van der Waals surface area contributed by atoms with Gasteiger partial charge in [-0.2, -0.15) is 0 Å². The highest BCUT2D eigenvalue weighted by molar-refractivity contribution is 5.82. The quantitative estimate of drug-likeness (QED) is 0.782. The molecule has 2 aliphatic rings. The van der Waals surface area contributed by atoms with Gasteiger partial charge in [-0.3, -0.25) is 9.59 Å². The molecule has 6 heteroatoms. The topological polar surface area (TPSA) is 59.1 Å². The summed E-state index contributed by atoms with van der Waals surface area (Å²) >= 11 is 0. The average Bonchev–Trinajstić information content (AvgIpc) is 3.18. The van der Waals surface area contributed by atoms with Crippen LogP contribution >= 0.6 is 0 Å². The van der Waals surface area contributed by atoms with Gasteiger partial charge in [0, 0.05) is 32.7 Å². The highest BCUT2D eigenvalue weighted by Crippen LogP contribution is 2.32. The largest absolute Gasteiger partial charge is 0.484 e. The van der Waals surface area contributed by atoms with E-state index in [9.17, 15) is 9.59 Å². The Hall–Kier alpha value is -2.86. The van der Waals surface area contributed by atoms with Crippen molar-refractivity contribution in [2.75, 3.05) is 32.9 Å². The molecule has 2 aromatic carbocycles. The number of nitrogens with zero attached hydrogens (tertiary/aromatic N) is 2. The van der Waals surface area contributed by atoms with Crippen molar-refractivity contribution in [2.24, 2.45) is 0 Å². The van der Waals surface area contributed by atoms with Gasteiger partial charge in [-0.05, 0) is 24.1 Å². The van der Waals surface area contributed by atoms with Crippen molar-refractivity contribution < 1.29 is 19.1 Å². The number of carbonyl (C=O) groups excluding carboxylic acids is 2. The second kappa shape index (κ2) is 8.66. The first-order valence-corrected chi connectivity index (χ1v) is 10.0. The fraction of sp³-hybridized carbons (Fsp3) is 0.391. The summed E-state index contributed by atoms with van der Waals surface area (Å²) in [5, 5.41) is 0. The molecule has 2 heterocycles. The lowest BCUT2D eigenvalue weighted by atomic mass is 9.94. The molecule has 0 saturated carbocycles. The van der Waals surface area contributed by atoms with E-state index in [2.05, 4.69) is 0 Å². The average molecular weight is 394 g/mol. The molecule has 6 nitrogen and oxygen atoms in total. The molecule has 4 rings (SSSR count). The van der Waals surface area contributed by atoms with Gasteiger partial charge >= 0.3 is 0 Å². The van der Waals surface area contributed by atoms with Gasteiger partial charge in [-0.25, -0.2) is 0 Å². The number of carbonyl (C=O) groups is 2. The van der Waals surface area contributed by atoms with Crippen LogP contribution in [0.15, 0.2) is 60.7 Å². The molecule has 2 saturated heterocycles. The molecule has 2 aliphatic heterocycles. The Bertz CT molecular complexity index is 834. The van der Waals surface area contributed by atoms with Gasteiger partial charge in [0.2, 0.25) is 5.91 Å². The van der Waals surface area contributed by atoms with Crippen molar-refractivity contribution in [1.29, 1.82) is 0 Å². The van der Waals surface area contributed by atoms with Crippen LogP contribution in [0.2, 0.25) is 0 Å². The number of para-hydroxylation sites is 1. The van der Waals surface area contributed by atoms with E-state index in [4.69, 9.17) is 9.47 Å². The van der Waals surface area contributed by atoms with E-state index in [1.165, 1.54) is 0 Å². The van der Waals surface area contributed by atoms with E-state index in [1.54, 1.807) is 4.90 Å². The zero-order chi connectivity index (χ0) is 20.1. The Kier molecular flexibility index (Phi) is 5.81. The Morgan fingerprint density at radius 2 is 1.79 bits per heavy atom. The molecule has 0 radical (unpaired) electrons. The number of hydrogen-bond acceptors (Lipinski definition) is 4. The summed E-state index contributed by atoms with van der Waals surface area (Å²) in [6, 6.07) is 19.3. The molecule has 0 aromatic heterocycles. The smallest absolute Gasteiger partial charge is 0.260 e. The molecular weight excluding hydrogens is 368 g/mol. The summed E-state index contributed by atoms with van der Waals surface area (Å²) < 4.78 is 11.3. The Morgan fingerprint density at radius 1 is 1.07 bits per heavy atom. The van der Waals surface area contributed by atoms with Gasteiger partial charge < -0.3 is 19.3 Å². The standard InChI is InChI=1S/C23H26N2O4/c26-21-11-13-24(22(27)16-29-20-9-5-2-6-10-20)17-23(12-14-28-18-23)25(21)15-19-7-3-1-4-8-19/h1-10H,11-18H2. The molecule has 2 amide bonds. The van der Waals surface area contributed by atoms with Gasteiger partial charge in [0.05, 0.1) is 12.1 Å². The van der Waals surface area contributed by atoms with Gasteiger partial charge in [-0.1, -0.05) is 48.5 Å². The van der Waals surface area contributed by atoms with E-state index in [0.29, 0.717) is 45.0 Å². The molecule has 0 bridgehead atoms. The van der Waals surface area contributed by atoms with Crippen LogP contribution in [-0.2, 0) is 20.9 Å². The van der Waals surface area contributed by atoms with Crippen molar-refractivity contribution in [3.8, 4) is 5.75 Å². The maximum atomic E-state index is 13.0. The summed E-state index contributed by atoms with van der Waals surface area (Å²) in [4.78, 5) is 29.6. The number of hydrogen-bond donors (Lipinski definition) is 0. The molecular formula is C23H26N2O4. The number of rotatable bonds is 5. The van der Waals surface area contributed by atoms with E-state index in [0.717, 1.165) is 12.0 Å². The third kappa shape index (κ3) is 4.43. The molecule has 29 heavy (non-hydrogen) atoms. The minimum Gasteiger partial charge on any atom is -0.484 e. The Balaban J connectivity index is 1.49. The van der Waals surface area contributed by atoms with Crippen LogP contribution in [0.25, 0.3) is 0 Å². The molecule has 0 aliphatic carbocycles. The zero-order valence-corrected chi connectivity index (χ0v) is 16.5. The predicted octanol–water partition coefficient (Wildman–Crippen LogP) is 2.49. The van der Waals surface area contributed by atoms with Crippen LogP contribution in [-0.4, -0.2) is 60.1 Å². The minimum absolute atomic E-state index is 0.0339. The lowest BCUT2D eigenvalue weighted by molar-refractivity contribution is -0.139. The lowest BCUT2D eigenvalue weighted by Gasteiger charge is -2.40. The highest BCUT2D eigenvalue weighted by atomic mass is 16.5. The predicted molar refractivity (Wildman–Crippen MR) is 108 cm³/mol. The van der Waals surface area contributed by atoms with Crippen molar-refractivity contribution in [3.05, 3.63) is 66.2 Å². The van der Waals surface area contributed by atoms with Crippen LogP contribution in [0.3, 0.4) is 0 Å². The summed E-state index contributed by atoms with van der Waals surface area (Å²) in [6.07, 6.45) is 1.04. The number of ether oxygens (including phenoxy) is 2. The van der Waals surface area contributed by atoms with Crippen molar-refractivity contribution >= 4 is 11.8 Å². The third-order valence-electron chi connectivity index (χ3n) is 5.68. The SMILES string of the molecule is O=C(COc1ccccc1)N1CCC(=O)N(Cc2ccccc2)C2(CCOC2)C1. The first kappa shape index (κ1) is 19.5. The summed E-state index contributed by atoms with van der Waals surface area (Å²) in [5.41, 5.74) is 0.602. The summed E-state index contributed by atoms with van der Waals surface area (Å²) in [7, 11) is 0. The van der Waals surface area contributed by atoms with Crippen LogP contribution in [0.1, 0.15) is 18.4 Å². The molecule has 2 aromatic rings. The van der Waals surface area contributed by atoms with E-state index in [1.807, 2.05) is 65.6 Å². The molecule has 152 valence electrons. The maximum Gasteiger partial charge on any atom is 0.260 e. The van der Waals surface area contributed by atoms with Gasteiger partial charge in [0.25, 0.3) is 5.91 Å². The van der Waals surface area contributed by atoms with Crippen molar-refractivity contribution in [1.82, 2.24) is 9.80 Å². The molecule has 1 spiro atoms. The van der Waals surface area contributed by atoms with Crippen LogP contribution < -0.4 is 4.74 Å². The lowest BCUT2D eigenvalue weighted by Crippen LogP contribution is -2.56. The fourth-order valence-corrected chi connectivity index (χ4v) is 4.07. The zero-order valence-electron chi connectivity index (χ0n) is 16.5. The van der Waals surface area contributed by atoms with Gasteiger partial charge in [-0.15, -0.1) is 0 Å². The minimum atomic E-state index is -0.480. The first-order chi connectivity index (χ1) is 14.2. The fourth-order valence-electron chi connectivity index (χ4n) is 4.07. The Labute approximate surface area is 171 Å². The van der Waals surface area contributed by atoms with E-state index >= 15 is 0 Å².